The molecule has 3 rings (SSSR count). The summed E-state index contributed by atoms with van der Waals surface area (Å²) in [5.74, 6) is 0.967. The molecule has 0 saturated carbocycles. The fraction of sp³-hybridized carbons (Fsp3) is 0.176. The maximum atomic E-state index is 12.2. The Morgan fingerprint density at radius 3 is 2.62 bits per heavy atom. The van der Waals surface area contributed by atoms with Crippen molar-refractivity contribution in [2.75, 3.05) is 14.1 Å². The van der Waals surface area contributed by atoms with Gasteiger partial charge in [0, 0.05) is 29.9 Å². The van der Waals surface area contributed by atoms with E-state index < -0.39 is 10.0 Å². The number of benzene rings is 2. The van der Waals surface area contributed by atoms with Crippen molar-refractivity contribution in [2.24, 2.45) is 0 Å². The van der Waals surface area contributed by atoms with Crippen molar-refractivity contribution < 1.29 is 12.8 Å². The van der Waals surface area contributed by atoms with Crippen LogP contribution in [0.5, 0.6) is 0 Å². The van der Waals surface area contributed by atoms with Gasteiger partial charge in [0.25, 0.3) is 5.22 Å². The molecule has 0 N–H and O–H groups in total. The molecule has 6 nitrogen and oxygen atoms in total. The molecule has 26 heavy (non-hydrogen) atoms. The van der Waals surface area contributed by atoms with Gasteiger partial charge in [0.15, 0.2) is 0 Å². The largest absolute Gasteiger partial charge is 0.411 e. The highest BCUT2D eigenvalue weighted by molar-refractivity contribution is 9.10. The van der Waals surface area contributed by atoms with Crippen LogP contribution in [0.4, 0.5) is 0 Å². The highest BCUT2D eigenvalue weighted by Crippen LogP contribution is 2.27. The minimum atomic E-state index is -3.45. The fourth-order valence-electron chi connectivity index (χ4n) is 2.16. The second-order valence-corrected chi connectivity index (χ2v) is 9.60. The highest BCUT2D eigenvalue weighted by atomic mass is 79.9. The smallest absolute Gasteiger partial charge is 0.277 e. The molecule has 0 radical (unpaired) electrons. The van der Waals surface area contributed by atoms with Crippen LogP contribution in [0.15, 0.2) is 67.5 Å². The van der Waals surface area contributed by atoms with Gasteiger partial charge in [-0.25, -0.2) is 12.7 Å². The molecule has 0 bridgehead atoms. The summed E-state index contributed by atoms with van der Waals surface area (Å²) >= 11 is 4.77. The molecular weight excluding hydrogens is 438 g/mol. The number of thioether (sulfide) groups is 1. The van der Waals surface area contributed by atoms with Crippen molar-refractivity contribution in [1.29, 1.82) is 0 Å². The van der Waals surface area contributed by atoms with Crippen LogP contribution in [0.2, 0.25) is 0 Å². The second kappa shape index (κ2) is 7.91. The molecule has 0 aliphatic heterocycles. The van der Waals surface area contributed by atoms with E-state index in [1.54, 1.807) is 18.2 Å². The van der Waals surface area contributed by atoms with Gasteiger partial charge in [0.2, 0.25) is 15.9 Å². The predicted octanol–water partition coefficient (Wildman–Crippen LogP) is 4.04. The number of halogens is 1. The first kappa shape index (κ1) is 19.1. The zero-order chi connectivity index (χ0) is 18.7. The molecule has 0 unspecified atom stereocenters. The van der Waals surface area contributed by atoms with Crippen molar-refractivity contribution in [3.63, 3.8) is 0 Å². The first-order chi connectivity index (χ1) is 12.4. The van der Waals surface area contributed by atoms with Gasteiger partial charge in [0.1, 0.15) is 0 Å². The Balaban J connectivity index is 1.72. The monoisotopic (exact) mass is 453 g/mol. The fourth-order valence-corrected chi connectivity index (χ4v) is 4.24. The van der Waals surface area contributed by atoms with E-state index >= 15 is 0 Å². The van der Waals surface area contributed by atoms with Crippen LogP contribution in [0.25, 0.3) is 11.5 Å². The molecule has 9 heteroatoms. The van der Waals surface area contributed by atoms with Crippen LogP contribution in [-0.4, -0.2) is 37.0 Å². The maximum absolute atomic E-state index is 12.2. The molecule has 0 aliphatic carbocycles. The van der Waals surface area contributed by atoms with E-state index in [0.29, 0.717) is 16.9 Å². The predicted molar refractivity (Wildman–Crippen MR) is 104 cm³/mol. The third-order valence-corrected chi connectivity index (χ3v) is 6.71. The molecule has 0 spiro atoms. The SMILES string of the molecule is CN(C)S(=O)(=O)c1cccc(CSc2nnc(-c3cccc(Br)c3)o2)c1. The molecule has 3 aromatic rings. The number of hydrogen-bond donors (Lipinski definition) is 0. The zero-order valence-corrected chi connectivity index (χ0v) is 17.3. The Labute approximate surface area is 164 Å². The second-order valence-electron chi connectivity index (χ2n) is 5.61. The van der Waals surface area contributed by atoms with Gasteiger partial charge >= 0.3 is 0 Å². The normalized spacial score (nSPS) is 11.8. The summed E-state index contributed by atoms with van der Waals surface area (Å²) in [5.41, 5.74) is 1.69. The molecule has 0 fully saturated rings. The van der Waals surface area contributed by atoms with Crippen LogP contribution in [0.1, 0.15) is 5.56 Å². The molecule has 0 saturated heterocycles. The standard InChI is InChI=1S/C17H16BrN3O3S2/c1-21(2)26(22,23)15-8-3-5-12(9-15)11-25-17-20-19-16(24-17)13-6-4-7-14(18)10-13/h3-10H,11H2,1-2H3. The molecule has 0 amide bonds. The lowest BCUT2D eigenvalue weighted by Crippen LogP contribution is -2.22. The lowest BCUT2D eigenvalue weighted by atomic mass is 10.2. The van der Waals surface area contributed by atoms with E-state index in [0.717, 1.165) is 15.6 Å². The minimum absolute atomic E-state index is 0.265. The topological polar surface area (TPSA) is 76.3 Å². The van der Waals surface area contributed by atoms with Crippen molar-refractivity contribution in [3.8, 4) is 11.5 Å². The van der Waals surface area contributed by atoms with Gasteiger partial charge in [0.05, 0.1) is 4.90 Å². The van der Waals surface area contributed by atoms with E-state index in [1.807, 2.05) is 30.3 Å². The van der Waals surface area contributed by atoms with Crippen molar-refractivity contribution in [3.05, 3.63) is 58.6 Å². The number of hydrogen-bond acceptors (Lipinski definition) is 6. The molecule has 136 valence electrons. The van der Waals surface area contributed by atoms with Crippen LogP contribution < -0.4 is 0 Å². The lowest BCUT2D eigenvalue weighted by Gasteiger charge is -2.11. The Kier molecular flexibility index (Phi) is 5.81. The van der Waals surface area contributed by atoms with Crippen LogP contribution in [-0.2, 0) is 15.8 Å². The van der Waals surface area contributed by atoms with Crippen molar-refractivity contribution >= 4 is 37.7 Å². The average molecular weight is 454 g/mol. The molecule has 2 aromatic carbocycles. The van der Waals surface area contributed by atoms with Gasteiger partial charge in [-0.05, 0) is 35.9 Å². The summed E-state index contributed by atoms with van der Waals surface area (Å²) in [6.45, 7) is 0. The Morgan fingerprint density at radius 2 is 1.88 bits per heavy atom. The summed E-state index contributed by atoms with van der Waals surface area (Å²) in [7, 11) is -0.425. The first-order valence-corrected chi connectivity index (χ1v) is 10.8. The first-order valence-electron chi connectivity index (χ1n) is 7.60. The Hall–Kier alpha value is -1.68. The van der Waals surface area contributed by atoms with E-state index in [4.69, 9.17) is 4.42 Å². The minimum Gasteiger partial charge on any atom is -0.411 e. The van der Waals surface area contributed by atoms with Crippen LogP contribution in [0, 0.1) is 0 Å². The van der Waals surface area contributed by atoms with Crippen molar-refractivity contribution in [1.82, 2.24) is 14.5 Å². The van der Waals surface area contributed by atoms with Crippen molar-refractivity contribution in [2.45, 2.75) is 15.9 Å². The summed E-state index contributed by atoms with van der Waals surface area (Å²) in [6, 6.07) is 14.5. The molecule has 1 heterocycles. The van der Waals surface area contributed by atoms with E-state index in [9.17, 15) is 8.42 Å². The number of nitrogens with zero attached hydrogens (tertiary/aromatic N) is 3. The number of sulfonamides is 1. The van der Waals surface area contributed by atoms with Gasteiger partial charge < -0.3 is 4.42 Å². The quantitative estimate of drug-likeness (QED) is 0.524. The summed E-state index contributed by atoms with van der Waals surface area (Å²) in [6.07, 6.45) is 0. The number of rotatable bonds is 6. The van der Waals surface area contributed by atoms with E-state index in [-0.39, 0.29) is 4.90 Å². The maximum Gasteiger partial charge on any atom is 0.277 e. The average Bonchev–Trinajstić information content (AvgIpc) is 3.09. The molecule has 0 aliphatic rings. The summed E-state index contributed by atoms with van der Waals surface area (Å²) in [5, 5.41) is 8.53. The van der Waals surface area contributed by atoms with Crippen LogP contribution in [0.3, 0.4) is 0 Å². The third kappa shape index (κ3) is 4.35. The Bertz CT molecular complexity index is 1020. The molecule has 0 atom stereocenters. The number of aromatic nitrogens is 2. The van der Waals surface area contributed by atoms with E-state index in [1.165, 1.54) is 30.2 Å². The van der Waals surface area contributed by atoms with Crippen LogP contribution >= 0.6 is 27.7 Å². The van der Waals surface area contributed by atoms with E-state index in [2.05, 4.69) is 26.1 Å². The van der Waals surface area contributed by atoms with Gasteiger partial charge in [-0.15, -0.1) is 10.2 Å². The molecule has 1 aromatic heterocycles. The third-order valence-electron chi connectivity index (χ3n) is 3.52. The Morgan fingerprint density at radius 1 is 1.12 bits per heavy atom. The highest BCUT2D eigenvalue weighted by Gasteiger charge is 2.17. The zero-order valence-electron chi connectivity index (χ0n) is 14.1. The summed E-state index contributed by atoms with van der Waals surface area (Å²) in [4.78, 5) is 0.265. The van der Waals surface area contributed by atoms with Gasteiger partial charge in [-0.3, -0.25) is 0 Å². The van der Waals surface area contributed by atoms with Gasteiger partial charge in [-0.2, -0.15) is 0 Å². The lowest BCUT2D eigenvalue weighted by molar-refractivity contribution is 0.466. The van der Waals surface area contributed by atoms with Gasteiger partial charge in [-0.1, -0.05) is 45.9 Å². The molecular formula is C17H16BrN3O3S2. The summed E-state index contributed by atoms with van der Waals surface area (Å²) < 4.78 is 32.2.